The number of aryl methyl sites for hydroxylation is 1. The number of methoxy groups -OCH3 is 1. The standard InChI is InChI=1S/C15H16N6O/c1-20-12(5-6-18-20)15(22-2)9-21(10-15)13-4-3-11-14(19-13)17-8-7-16-11/h3-8H,9-10H2,1-2H3. The summed E-state index contributed by atoms with van der Waals surface area (Å²) in [6.07, 6.45) is 5.12. The van der Waals surface area contributed by atoms with E-state index in [1.807, 2.05) is 29.9 Å². The lowest BCUT2D eigenvalue weighted by Gasteiger charge is -2.49. The molecule has 0 atom stereocenters. The van der Waals surface area contributed by atoms with Crippen LogP contribution in [-0.4, -0.2) is 44.9 Å². The second-order valence-corrected chi connectivity index (χ2v) is 5.46. The number of pyridine rings is 1. The van der Waals surface area contributed by atoms with Gasteiger partial charge < -0.3 is 9.64 Å². The van der Waals surface area contributed by atoms with Crippen LogP contribution >= 0.6 is 0 Å². The molecule has 0 spiro atoms. The van der Waals surface area contributed by atoms with Crippen molar-refractivity contribution in [3.8, 4) is 0 Å². The number of hydrogen-bond donors (Lipinski definition) is 0. The van der Waals surface area contributed by atoms with E-state index in [1.165, 1.54) is 0 Å². The largest absolute Gasteiger partial charge is 0.368 e. The summed E-state index contributed by atoms with van der Waals surface area (Å²) in [7, 11) is 3.67. The molecule has 7 nitrogen and oxygen atoms in total. The molecule has 1 saturated heterocycles. The maximum Gasteiger partial charge on any atom is 0.180 e. The Morgan fingerprint density at radius 2 is 1.91 bits per heavy atom. The first-order valence-corrected chi connectivity index (χ1v) is 7.08. The Morgan fingerprint density at radius 1 is 1.09 bits per heavy atom. The molecule has 3 aromatic rings. The third-order valence-electron chi connectivity index (χ3n) is 4.21. The number of ether oxygens (including phenoxy) is 1. The van der Waals surface area contributed by atoms with Crippen LogP contribution in [0.3, 0.4) is 0 Å². The third kappa shape index (κ3) is 1.86. The van der Waals surface area contributed by atoms with Crippen LogP contribution in [0.2, 0.25) is 0 Å². The molecule has 112 valence electrons. The first-order chi connectivity index (χ1) is 10.7. The predicted octanol–water partition coefficient (Wildman–Crippen LogP) is 1.12. The van der Waals surface area contributed by atoms with Crippen molar-refractivity contribution in [1.29, 1.82) is 0 Å². The van der Waals surface area contributed by atoms with Gasteiger partial charge in [-0.05, 0) is 18.2 Å². The monoisotopic (exact) mass is 296 g/mol. The molecule has 1 fully saturated rings. The van der Waals surface area contributed by atoms with Gasteiger partial charge in [0.2, 0.25) is 0 Å². The van der Waals surface area contributed by atoms with Gasteiger partial charge in [-0.3, -0.25) is 9.67 Å². The van der Waals surface area contributed by atoms with Crippen molar-refractivity contribution < 1.29 is 4.74 Å². The Bertz CT molecular complexity index is 824. The van der Waals surface area contributed by atoms with E-state index in [9.17, 15) is 0 Å². The zero-order valence-electron chi connectivity index (χ0n) is 12.5. The van der Waals surface area contributed by atoms with Crippen molar-refractivity contribution in [3.05, 3.63) is 42.5 Å². The van der Waals surface area contributed by atoms with Crippen molar-refractivity contribution in [2.24, 2.45) is 7.05 Å². The van der Waals surface area contributed by atoms with E-state index >= 15 is 0 Å². The number of hydrogen-bond acceptors (Lipinski definition) is 6. The molecule has 3 aromatic heterocycles. The zero-order chi connectivity index (χ0) is 15.2. The number of anilines is 1. The molecule has 0 aromatic carbocycles. The van der Waals surface area contributed by atoms with E-state index in [0.717, 1.165) is 30.1 Å². The van der Waals surface area contributed by atoms with Crippen LogP contribution in [0.25, 0.3) is 11.2 Å². The third-order valence-corrected chi connectivity index (χ3v) is 4.21. The molecule has 7 heteroatoms. The van der Waals surface area contributed by atoms with E-state index in [1.54, 1.807) is 25.7 Å². The number of aromatic nitrogens is 5. The lowest BCUT2D eigenvalue weighted by Crippen LogP contribution is -2.61. The molecule has 0 N–H and O–H groups in total. The molecule has 0 aliphatic carbocycles. The molecular formula is C15H16N6O. The van der Waals surface area contributed by atoms with Crippen LogP contribution < -0.4 is 4.90 Å². The Labute approximate surface area is 127 Å². The minimum Gasteiger partial charge on any atom is -0.368 e. The van der Waals surface area contributed by atoms with Gasteiger partial charge in [0.25, 0.3) is 0 Å². The van der Waals surface area contributed by atoms with Gasteiger partial charge in [0, 0.05) is 32.7 Å². The Morgan fingerprint density at radius 3 is 2.64 bits per heavy atom. The highest BCUT2D eigenvalue weighted by molar-refractivity contribution is 5.72. The predicted molar refractivity (Wildman–Crippen MR) is 81.4 cm³/mol. The fraction of sp³-hybridized carbons (Fsp3) is 0.333. The molecule has 22 heavy (non-hydrogen) atoms. The summed E-state index contributed by atoms with van der Waals surface area (Å²) in [6.45, 7) is 1.48. The lowest BCUT2D eigenvalue weighted by molar-refractivity contribution is -0.0447. The van der Waals surface area contributed by atoms with Crippen molar-refractivity contribution in [1.82, 2.24) is 24.7 Å². The van der Waals surface area contributed by atoms with Crippen LogP contribution in [0.1, 0.15) is 5.69 Å². The van der Waals surface area contributed by atoms with Gasteiger partial charge in [0.15, 0.2) is 5.65 Å². The Hall–Kier alpha value is -2.54. The van der Waals surface area contributed by atoms with Crippen LogP contribution in [0.5, 0.6) is 0 Å². The summed E-state index contributed by atoms with van der Waals surface area (Å²) < 4.78 is 7.64. The van der Waals surface area contributed by atoms with Gasteiger partial charge in [-0.2, -0.15) is 5.10 Å². The summed E-state index contributed by atoms with van der Waals surface area (Å²) in [5.41, 5.74) is 2.21. The number of fused-ring (bicyclic) bond motifs is 1. The van der Waals surface area contributed by atoms with E-state index in [-0.39, 0.29) is 5.60 Å². The number of nitrogens with zero attached hydrogens (tertiary/aromatic N) is 6. The van der Waals surface area contributed by atoms with Gasteiger partial charge >= 0.3 is 0 Å². The molecular weight excluding hydrogens is 280 g/mol. The molecule has 0 unspecified atom stereocenters. The summed E-state index contributed by atoms with van der Waals surface area (Å²) in [6, 6.07) is 5.92. The smallest absolute Gasteiger partial charge is 0.180 e. The average Bonchev–Trinajstić information content (AvgIpc) is 2.93. The van der Waals surface area contributed by atoms with E-state index < -0.39 is 0 Å². The van der Waals surface area contributed by atoms with Gasteiger partial charge in [-0.1, -0.05) is 0 Å². The van der Waals surface area contributed by atoms with Gasteiger partial charge in [-0.25, -0.2) is 9.97 Å². The van der Waals surface area contributed by atoms with Crippen molar-refractivity contribution in [3.63, 3.8) is 0 Å². The normalized spacial score (nSPS) is 16.7. The van der Waals surface area contributed by atoms with Gasteiger partial charge in [0.05, 0.1) is 18.8 Å². The molecule has 1 aliphatic rings. The number of rotatable bonds is 3. The van der Waals surface area contributed by atoms with E-state index in [0.29, 0.717) is 5.65 Å². The van der Waals surface area contributed by atoms with Crippen molar-refractivity contribution >= 4 is 17.0 Å². The maximum atomic E-state index is 5.78. The highest BCUT2D eigenvalue weighted by Crippen LogP contribution is 2.37. The maximum absolute atomic E-state index is 5.78. The van der Waals surface area contributed by atoms with Gasteiger partial charge in [0.1, 0.15) is 16.9 Å². The van der Waals surface area contributed by atoms with Gasteiger partial charge in [-0.15, -0.1) is 0 Å². The molecule has 0 radical (unpaired) electrons. The zero-order valence-corrected chi connectivity index (χ0v) is 12.5. The van der Waals surface area contributed by atoms with E-state index in [2.05, 4.69) is 25.0 Å². The fourth-order valence-electron chi connectivity index (χ4n) is 2.97. The van der Waals surface area contributed by atoms with Crippen LogP contribution in [0, 0.1) is 0 Å². The average molecular weight is 296 g/mol. The molecule has 0 saturated carbocycles. The second-order valence-electron chi connectivity index (χ2n) is 5.46. The highest BCUT2D eigenvalue weighted by atomic mass is 16.5. The molecule has 1 aliphatic heterocycles. The van der Waals surface area contributed by atoms with E-state index in [4.69, 9.17) is 4.74 Å². The minimum absolute atomic E-state index is 0.329. The first kappa shape index (κ1) is 13.1. The first-order valence-electron chi connectivity index (χ1n) is 7.08. The Balaban J connectivity index is 1.62. The van der Waals surface area contributed by atoms with Crippen LogP contribution in [0.15, 0.2) is 36.8 Å². The Kier molecular flexibility index (Phi) is 2.83. The van der Waals surface area contributed by atoms with Crippen LogP contribution in [-0.2, 0) is 17.4 Å². The minimum atomic E-state index is -0.329. The quantitative estimate of drug-likeness (QED) is 0.721. The topological polar surface area (TPSA) is 69.0 Å². The second kappa shape index (κ2) is 4.74. The SMILES string of the molecule is COC1(c2ccnn2C)CN(c2ccc3nccnc3n2)C1. The van der Waals surface area contributed by atoms with Crippen LogP contribution in [0.4, 0.5) is 5.82 Å². The summed E-state index contributed by atoms with van der Waals surface area (Å²) in [4.78, 5) is 15.2. The lowest BCUT2D eigenvalue weighted by atomic mass is 9.90. The van der Waals surface area contributed by atoms with Crippen molar-refractivity contribution in [2.45, 2.75) is 5.60 Å². The summed E-state index contributed by atoms with van der Waals surface area (Å²) in [5.74, 6) is 0.892. The molecule has 0 amide bonds. The summed E-state index contributed by atoms with van der Waals surface area (Å²) in [5, 5.41) is 4.24. The van der Waals surface area contributed by atoms with Crippen molar-refractivity contribution in [2.75, 3.05) is 25.1 Å². The molecule has 4 rings (SSSR count). The fourth-order valence-corrected chi connectivity index (χ4v) is 2.97. The molecule has 0 bridgehead atoms. The summed E-state index contributed by atoms with van der Waals surface area (Å²) >= 11 is 0. The molecule has 4 heterocycles. The highest BCUT2D eigenvalue weighted by Gasteiger charge is 2.47.